The van der Waals surface area contributed by atoms with Crippen molar-refractivity contribution in [3.63, 3.8) is 0 Å². The smallest absolute Gasteiger partial charge is 0.235 e. The van der Waals surface area contributed by atoms with Crippen LogP contribution in [0, 0.1) is 0 Å². The van der Waals surface area contributed by atoms with Crippen molar-refractivity contribution in [2.45, 2.75) is 6.61 Å². The average molecular weight is 412 g/mol. The van der Waals surface area contributed by atoms with Crippen LogP contribution in [0.1, 0.15) is 21.7 Å². The van der Waals surface area contributed by atoms with E-state index in [1.54, 1.807) is 4.52 Å². The first kappa shape index (κ1) is 18.2. The maximum absolute atomic E-state index is 13.0. The summed E-state index contributed by atoms with van der Waals surface area (Å²) in [5.74, 6) is 1.32. The molecular weight excluding hydrogens is 396 g/mol. The summed E-state index contributed by atoms with van der Waals surface area (Å²) in [5, 5.41) is 13.8. The zero-order valence-electron chi connectivity index (χ0n) is 15.8. The van der Waals surface area contributed by atoms with Gasteiger partial charge in [0.2, 0.25) is 4.96 Å². The van der Waals surface area contributed by atoms with E-state index >= 15 is 0 Å². The van der Waals surface area contributed by atoms with Crippen LogP contribution in [0.15, 0.2) is 84.9 Å². The Morgan fingerprint density at radius 2 is 1.57 bits per heavy atom. The van der Waals surface area contributed by atoms with E-state index in [1.165, 1.54) is 11.3 Å². The molecular formula is C23H16N4O2S. The molecule has 30 heavy (non-hydrogen) atoms. The summed E-state index contributed by atoms with van der Waals surface area (Å²) in [7, 11) is 0. The van der Waals surface area contributed by atoms with E-state index in [1.807, 2.05) is 84.9 Å². The largest absolute Gasteiger partial charge is 0.486 e. The molecule has 2 heterocycles. The first-order valence-electron chi connectivity index (χ1n) is 9.38. The number of aromatic nitrogens is 4. The van der Waals surface area contributed by atoms with Crippen molar-refractivity contribution >= 4 is 22.1 Å². The lowest BCUT2D eigenvalue weighted by molar-refractivity contribution is 0.103. The number of carbonyl (C=O) groups excluding carboxylic acids is 1. The Balaban J connectivity index is 1.48. The van der Waals surface area contributed by atoms with Gasteiger partial charge in [-0.1, -0.05) is 84.1 Å². The third-order valence-electron chi connectivity index (χ3n) is 4.60. The third kappa shape index (κ3) is 3.46. The summed E-state index contributed by atoms with van der Waals surface area (Å²) in [6.45, 7) is 0.249. The van der Waals surface area contributed by atoms with Crippen LogP contribution >= 0.6 is 11.3 Å². The molecule has 0 N–H and O–H groups in total. The van der Waals surface area contributed by atoms with Crippen molar-refractivity contribution in [1.82, 2.24) is 19.8 Å². The van der Waals surface area contributed by atoms with Crippen molar-refractivity contribution in [2.75, 3.05) is 0 Å². The second-order valence-electron chi connectivity index (χ2n) is 6.56. The molecule has 2 aromatic heterocycles. The van der Waals surface area contributed by atoms with Gasteiger partial charge in [-0.2, -0.15) is 9.61 Å². The van der Waals surface area contributed by atoms with Crippen LogP contribution < -0.4 is 4.74 Å². The molecule has 7 heteroatoms. The first-order valence-corrected chi connectivity index (χ1v) is 10.2. The standard InChI is InChI=1S/C23H16N4O2S/c28-21(16-9-3-1-4-10-16)18-13-7-8-14-19(18)22-26-27-20(24-25-23(27)30-22)15-29-17-11-5-2-6-12-17/h1-14H,15H2. The molecule has 0 bridgehead atoms. The first-order chi connectivity index (χ1) is 14.8. The van der Waals surface area contributed by atoms with Gasteiger partial charge in [0.1, 0.15) is 17.4 Å². The van der Waals surface area contributed by atoms with Crippen molar-refractivity contribution in [3.8, 4) is 16.3 Å². The fourth-order valence-electron chi connectivity index (χ4n) is 3.13. The number of hydrogen-bond acceptors (Lipinski definition) is 6. The van der Waals surface area contributed by atoms with Gasteiger partial charge in [-0.3, -0.25) is 4.79 Å². The van der Waals surface area contributed by atoms with E-state index in [2.05, 4.69) is 15.3 Å². The van der Waals surface area contributed by atoms with E-state index in [0.717, 1.165) is 11.3 Å². The molecule has 0 fully saturated rings. The maximum atomic E-state index is 13.0. The molecule has 0 amide bonds. The number of fused-ring (bicyclic) bond motifs is 1. The van der Waals surface area contributed by atoms with Gasteiger partial charge in [-0.15, -0.1) is 10.2 Å². The van der Waals surface area contributed by atoms with Crippen molar-refractivity contribution < 1.29 is 9.53 Å². The molecule has 3 aromatic carbocycles. The van der Waals surface area contributed by atoms with Crippen LogP contribution in [0.4, 0.5) is 0 Å². The average Bonchev–Trinajstić information content (AvgIpc) is 3.40. The van der Waals surface area contributed by atoms with Crippen molar-refractivity contribution in [3.05, 3.63) is 102 Å². The molecule has 0 aliphatic carbocycles. The van der Waals surface area contributed by atoms with Gasteiger partial charge in [-0.25, -0.2) is 0 Å². The molecule has 6 nitrogen and oxygen atoms in total. The van der Waals surface area contributed by atoms with Crippen LogP contribution in [0.25, 0.3) is 15.5 Å². The Kier molecular flexibility index (Phi) is 4.78. The predicted molar refractivity (Wildman–Crippen MR) is 115 cm³/mol. The van der Waals surface area contributed by atoms with E-state index in [0.29, 0.717) is 26.9 Å². The van der Waals surface area contributed by atoms with Crippen molar-refractivity contribution in [2.24, 2.45) is 0 Å². The SMILES string of the molecule is O=C(c1ccccc1)c1ccccc1-c1nn2c(COc3ccccc3)nnc2s1. The third-order valence-corrected chi connectivity index (χ3v) is 5.54. The summed E-state index contributed by atoms with van der Waals surface area (Å²) in [6, 6.07) is 26.3. The highest BCUT2D eigenvalue weighted by molar-refractivity contribution is 7.19. The number of nitrogens with zero attached hydrogens (tertiary/aromatic N) is 4. The molecule has 0 aliphatic heterocycles. The van der Waals surface area contributed by atoms with E-state index in [9.17, 15) is 4.79 Å². The number of carbonyl (C=O) groups is 1. The van der Waals surface area contributed by atoms with Crippen LogP contribution in [-0.4, -0.2) is 25.6 Å². The minimum atomic E-state index is -0.0372. The Hall–Kier alpha value is -3.84. The van der Waals surface area contributed by atoms with E-state index < -0.39 is 0 Å². The lowest BCUT2D eigenvalue weighted by Gasteiger charge is -2.06. The molecule has 0 spiro atoms. The second kappa shape index (κ2) is 7.88. The fourth-order valence-corrected chi connectivity index (χ4v) is 4.03. The maximum Gasteiger partial charge on any atom is 0.235 e. The quantitative estimate of drug-likeness (QED) is 0.379. The zero-order valence-corrected chi connectivity index (χ0v) is 16.6. The fraction of sp³-hybridized carbons (Fsp3) is 0.0435. The number of ether oxygens (including phenoxy) is 1. The normalized spacial score (nSPS) is 10.9. The summed E-state index contributed by atoms with van der Waals surface area (Å²) >= 11 is 1.39. The second-order valence-corrected chi connectivity index (χ2v) is 7.52. The molecule has 0 aliphatic rings. The molecule has 0 radical (unpaired) electrons. The van der Waals surface area contributed by atoms with Gasteiger partial charge in [-0.05, 0) is 12.1 Å². The Morgan fingerprint density at radius 3 is 2.37 bits per heavy atom. The van der Waals surface area contributed by atoms with E-state index in [-0.39, 0.29) is 12.4 Å². The zero-order chi connectivity index (χ0) is 20.3. The van der Waals surface area contributed by atoms with Gasteiger partial charge in [0.15, 0.2) is 11.6 Å². The summed E-state index contributed by atoms with van der Waals surface area (Å²) in [4.78, 5) is 13.7. The Morgan fingerprint density at radius 1 is 0.867 bits per heavy atom. The minimum absolute atomic E-state index is 0.0372. The van der Waals surface area contributed by atoms with Crippen LogP contribution in [0.3, 0.4) is 0 Å². The molecule has 0 saturated heterocycles. The summed E-state index contributed by atoms with van der Waals surface area (Å²) in [5.41, 5.74) is 2.03. The molecule has 0 saturated carbocycles. The molecule has 5 rings (SSSR count). The highest BCUT2D eigenvalue weighted by Crippen LogP contribution is 2.30. The molecule has 0 unspecified atom stereocenters. The number of hydrogen-bond donors (Lipinski definition) is 0. The number of rotatable bonds is 6. The van der Waals surface area contributed by atoms with Crippen LogP contribution in [-0.2, 0) is 6.61 Å². The van der Waals surface area contributed by atoms with Gasteiger partial charge >= 0.3 is 0 Å². The summed E-state index contributed by atoms with van der Waals surface area (Å²) in [6.07, 6.45) is 0. The van der Waals surface area contributed by atoms with Gasteiger partial charge in [0, 0.05) is 16.7 Å². The van der Waals surface area contributed by atoms with Gasteiger partial charge < -0.3 is 4.74 Å². The molecule has 0 atom stereocenters. The van der Waals surface area contributed by atoms with Gasteiger partial charge in [0.25, 0.3) is 0 Å². The van der Waals surface area contributed by atoms with Crippen LogP contribution in [0.2, 0.25) is 0 Å². The van der Waals surface area contributed by atoms with Gasteiger partial charge in [0.05, 0.1) is 0 Å². The Labute approximate surface area is 176 Å². The van der Waals surface area contributed by atoms with Crippen LogP contribution in [0.5, 0.6) is 5.75 Å². The lowest BCUT2D eigenvalue weighted by Crippen LogP contribution is -2.04. The Bertz CT molecular complexity index is 1310. The number of para-hydroxylation sites is 1. The summed E-state index contributed by atoms with van der Waals surface area (Å²) < 4.78 is 7.45. The number of ketones is 1. The van der Waals surface area contributed by atoms with E-state index in [4.69, 9.17) is 4.74 Å². The molecule has 146 valence electrons. The predicted octanol–water partition coefficient (Wildman–Crippen LogP) is 4.66. The lowest BCUT2D eigenvalue weighted by atomic mass is 9.99. The highest BCUT2D eigenvalue weighted by Gasteiger charge is 2.19. The monoisotopic (exact) mass is 412 g/mol. The topological polar surface area (TPSA) is 69.4 Å². The highest BCUT2D eigenvalue weighted by atomic mass is 32.1. The van der Waals surface area contributed by atoms with Crippen molar-refractivity contribution in [1.29, 1.82) is 0 Å². The minimum Gasteiger partial charge on any atom is -0.486 e. The number of benzene rings is 3. The molecule has 5 aromatic rings.